The van der Waals surface area contributed by atoms with E-state index >= 15 is 0 Å². The fourth-order valence-corrected chi connectivity index (χ4v) is 3.80. The first-order chi connectivity index (χ1) is 10.8. The Bertz CT molecular complexity index is 778. The third-order valence-corrected chi connectivity index (χ3v) is 5.13. The first kappa shape index (κ1) is 13.8. The molecule has 0 amide bonds. The van der Waals surface area contributed by atoms with Crippen LogP contribution in [0.3, 0.4) is 0 Å². The van der Waals surface area contributed by atoms with E-state index in [9.17, 15) is 0 Å². The topological polar surface area (TPSA) is 7.12 Å². The van der Waals surface area contributed by atoms with Crippen molar-refractivity contribution in [3.8, 4) is 0 Å². The van der Waals surface area contributed by atoms with Crippen molar-refractivity contribution >= 4 is 28.1 Å². The van der Waals surface area contributed by atoms with Crippen molar-refractivity contribution in [2.45, 2.75) is 31.8 Å². The first-order valence-corrected chi connectivity index (χ1v) is 8.34. The summed E-state index contributed by atoms with van der Waals surface area (Å²) in [5.41, 5.74) is 3.96. The summed E-state index contributed by atoms with van der Waals surface area (Å²) >= 11 is 6.13. The van der Waals surface area contributed by atoms with Crippen molar-refractivity contribution in [2.24, 2.45) is 0 Å². The van der Waals surface area contributed by atoms with Crippen molar-refractivity contribution in [3.63, 3.8) is 0 Å². The molecule has 1 atom stereocenters. The van der Waals surface area contributed by atoms with Crippen LogP contribution in [0.25, 0.3) is 16.5 Å². The predicted molar refractivity (Wildman–Crippen MR) is 91.7 cm³/mol. The maximum Gasteiger partial charge on any atom is 0.213 e. The van der Waals surface area contributed by atoms with E-state index in [1.54, 1.807) is 0 Å². The molecule has 0 N–H and O–H groups in total. The summed E-state index contributed by atoms with van der Waals surface area (Å²) in [5, 5.41) is 1.96. The number of nitrogens with zero attached hydrogens (tertiary/aromatic N) is 2. The van der Waals surface area contributed by atoms with E-state index in [-0.39, 0.29) is 0 Å². The Morgan fingerprint density at radius 1 is 1.27 bits per heavy atom. The predicted octanol–water partition coefficient (Wildman–Crippen LogP) is 4.18. The van der Waals surface area contributed by atoms with Gasteiger partial charge in [-0.15, -0.1) is 0 Å². The SMILES string of the molecule is C=CC[n+]1c(C2=CN3CCC3CC2)ccc2cc(Cl)ccc21. The number of fused-ring (bicyclic) bond motifs is 2. The largest absolute Gasteiger partial charge is 0.374 e. The van der Waals surface area contributed by atoms with Gasteiger partial charge >= 0.3 is 0 Å². The van der Waals surface area contributed by atoms with E-state index in [1.807, 2.05) is 18.2 Å². The molecule has 1 fully saturated rings. The van der Waals surface area contributed by atoms with Gasteiger partial charge in [-0.2, -0.15) is 4.57 Å². The third-order valence-electron chi connectivity index (χ3n) is 4.89. The van der Waals surface area contributed by atoms with E-state index in [4.69, 9.17) is 11.6 Å². The molecule has 112 valence electrons. The molecule has 22 heavy (non-hydrogen) atoms. The smallest absolute Gasteiger partial charge is 0.213 e. The van der Waals surface area contributed by atoms with Crippen LogP contribution in [0.5, 0.6) is 0 Å². The summed E-state index contributed by atoms with van der Waals surface area (Å²) < 4.78 is 2.35. The fraction of sp³-hybridized carbons (Fsp3) is 0.316. The normalized spacial score (nSPS) is 20.3. The molecule has 3 heterocycles. The molecule has 2 aliphatic rings. The second-order valence-electron chi connectivity index (χ2n) is 6.19. The van der Waals surface area contributed by atoms with Gasteiger partial charge < -0.3 is 4.90 Å². The zero-order chi connectivity index (χ0) is 15.1. The van der Waals surface area contributed by atoms with Crippen LogP contribution in [-0.4, -0.2) is 17.5 Å². The van der Waals surface area contributed by atoms with Crippen molar-refractivity contribution in [3.05, 3.63) is 59.9 Å². The number of allylic oxidation sites excluding steroid dienone is 2. The van der Waals surface area contributed by atoms with Gasteiger partial charge in [0.15, 0.2) is 6.54 Å². The zero-order valence-electron chi connectivity index (χ0n) is 12.6. The van der Waals surface area contributed by atoms with Gasteiger partial charge in [0.2, 0.25) is 11.2 Å². The van der Waals surface area contributed by atoms with Gasteiger partial charge in [0, 0.05) is 46.9 Å². The highest BCUT2D eigenvalue weighted by atomic mass is 35.5. The molecule has 1 aromatic carbocycles. The van der Waals surface area contributed by atoms with Gasteiger partial charge in [-0.05, 0) is 43.5 Å². The summed E-state index contributed by atoms with van der Waals surface area (Å²) in [6.45, 7) is 5.95. The lowest BCUT2D eigenvalue weighted by Crippen LogP contribution is -2.46. The van der Waals surface area contributed by atoms with Crippen LogP contribution < -0.4 is 4.57 Å². The summed E-state index contributed by atoms with van der Waals surface area (Å²) in [7, 11) is 0. The summed E-state index contributed by atoms with van der Waals surface area (Å²) in [6, 6.07) is 11.3. The Kier molecular flexibility index (Phi) is 3.42. The maximum atomic E-state index is 6.13. The molecule has 4 rings (SSSR count). The number of hydrogen-bond donors (Lipinski definition) is 0. The second kappa shape index (κ2) is 5.44. The molecule has 3 heteroatoms. The number of hydrogen-bond acceptors (Lipinski definition) is 1. The minimum atomic E-state index is 0.783. The zero-order valence-corrected chi connectivity index (χ0v) is 13.4. The number of aromatic nitrogens is 1. The van der Waals surface area contributed by atoms with Crippen LogP contribution in [0.2, 0.25) is 5.02 Å². The minimum absolute atomic E-state index is 0.783. The van der Waals surface area contributed by atoms with E-state index in [2.05, 4.69) is 40.4 Å². The molecule has 0 radical (unpaired) electrons. The monoisotopic (exact) mass is 311 g/mol. The van der Waals surface area contributed by atoms with Gasteiger partial charge in [-0.3, -0.25) is 0 Å². The Balaban J connectivity index is 1.86. The van der Waals surface area contributed by atoms with Gasteiger partial charge in [0.05, 0.1) is 0 Å². The van der Waals surface area contributed by atoms with Crippen LogP contribution >= 0.6 is 11.6 Å². The number of pyridine rings is 1. The van der Waals surface area contributed by atoms with E-state index in [0.29, 0.717) is 0 Å². The van der Waals surface area contributed by atoms with Crippen molar-refractivity contribution in [2.75, 3.05) is 6.54 Å². The molecule has 0 aliphatic carbocycles. The molecule has 0 spiro atoms. The highest BCUT2D eigenvalue weighted by Crippen LogP contribution is 2.33. The summed E-state index contributed by atoms with van der Waals surface area (Å²) in [4.78, 5) is 2.49. The maximum absolute atomic E-state index is 6.13. The van der Waals surface area contributed by atoms with Crippen LogP contribution in [0.1, 0.15) is 25.0 Å². The quantitative estimate of drug-likeness (QED) is 0.609. The highest BCUT2D eigenvalue weighted by molar-refractivity contribution is 6.31. The van der Waals surface area contributed by atoms with E-state index in [1.165, 1.54) is 41.6 Å². The van der Waals surface area contributed by atoms with Crippen LogP contribution in [0.15, 0.2) is 49.2 Å². The molecular formula is C19H20ClN2+. The molecule has 1 aromatic heterocycles. The van der Waals surface area contributed by atoms with Gasteiger partial charge in [-0.25, -0.2) is 0 Å². The van der Waals surface area contributed by atoms with Crippen molar-refractivity contribution in [1.29, 1.82) is 0 Å². The average molecular weight is 312 g/mol. The summed E-state index contributed by atoms with van der Waals surface area (Å²) in [5.74, 6) is 0. The van der Waals surface area contributed by atoms with Crippen molar-refractivity contribution < 1.29 is 4.57 Å². The Morgan fingerprint density at radius 3 is 2.91 bits per heavy atom. The minimum Gasteiger partial charge on any atom is -0.374 e. The number of halogens is 1. The second-order valence-corrected chi connectivity index (χ2v) is 6.63. The molecule has 2 nitrogen and oxygen atoms in total. The fourth-order valence-electron chi connectivity index (χ4n) is 3.62. The lowest BCUT2D eigenvalue weighted by atomic mass is 9.90. The van der Waals surface area contributed by atoms with E-state index in [0.717, 1.165) is 24.0 Å². The van der Waals surface area contributed by atoms with Crippen LogP contribution in [0.4, 0.5) is 0 Å². The number of rotatable bonds is 3. The van der Waals surface area contributed by atoms with Crippen LogP contribution in [-0.2, 0) is 6.54 Å². The van der Waals surface area contributed by atoms with Crippen LogP contribution in [0, 0.1) is 0 Å². The molecular weight excluding hydrogens is 292 g/mol. The Morgan fingerprint density at radius 2 is 2.18 bits per heavy atom. The molecule has 1 saturated heterocycles. The first-order valence-electron chi connectivity index (χ1n) is 7.96. The highest BCUT2D eigenvalue weighted by Gasteiger charge is 2.31. The number of benzene rings is 1. The molecule has 1 unspecified atom stereocenters. The van der Waals surface area contributed by atoms with Gasteiger partial charge in [0.1, 0.15) is 0 Å². The average Bonchev–Trinajstić information content (AvgIpc) is 2.49. The van der Waals surface area contributed by atoms with E-state index < -0.39 is 0 Å². The molecule has 2 aromatic rings. The molecule has 0 bridgehead atoms. The molecule has 0 saturated carbocycles. The third kappa shape index (κ3) is 2.22. The standard InChI is InChI=1S/C19H20ClN2/c1-2-10-22-18-8-5-16(20)12-14(18)4-7-19(22)15-3-6-17-9-11-21(17)13-15/h2,4-5,7-8,12-13,17H,1,3,6,9-11H2/q+1. The lowest BCUT2D eigenvalue weighted by molar-refractivity contribution is -0.663. The Hall–Kier alpha value is -1.80. The van der Waals surface area contributed by atoms with Crippen molar-refractivity contribution in [1.82, 2.24) is 4.90 Å². The van der Waals surface area contributed by atoms with Gasteiger partial charge in [-0.1, -0.05) is 18.2 Å². The van der Waals surface area contributed by atoms with Gasteiger partial charge in [0.25, 0.3) is 0 Å². The molecule has 2 aliphatic heterocycles. The summed E-state index contributed by atoms with van der Waals surface area (Å²) in [6.07, 6.45) is 8.13. The lowest BCUT2D eigenvalue weighted by Gasteiger charge is -2.43. The Labute approximate surface area is 136 Å².